The first-order valence-corrected chi connectivity index (χ1v) is 3.42. The first-order chi connectivity index (χ1) is 4.75. The molecule has 0 aliphatic heterocycles. The second kappa shape index (κ2) is 2.84. The normalized spacial score (nSPS) is 9.90. The summed E-state index contributed by atoms with van der Waals surface area (Å²) in [6.07, 6.45) is 0. The van der Waals surface area contributed by atoms with Crippen LogP contribution in [0, 0.1) is 19.9 Å². The van der Waals surface area contributed by atoms with Crippen LogP contribution >= 0.6 is 0 Å². The average Bonchev–Trinajstić information content (AvgIpc) is 1.88. The van der Waals surface area contributed by atoms with Gasteiger partial charge in [-0.2, -0.15) is 0 Å². The van der Waals surface area contributed by atoms with Crippen LogP contribution in [0.15, 0.2) is 12.1 Å². The van der Waals surface area contributed by atoms with Gasteiger partial charge in [-0.25, -0.2) is 0 Å². The molecule has 0 spiro atoms. The van der Waals surface area contributed by atoms with Gasteiger partial charge in [-0.15, -0.1) is 0 Å². The molecule has 1 rings (SSSR count). The Morgan fingerprint density at radius 2 is 2.20 bits per heavy atom. The van der Waals surface area contributed by atoms with E-state index in [1.807, 2.05) is 19.1 Å². The highest BCUT2D eigenvalue weighted by molar-refractivity contribution is 5.32. The molecule has 0 unspecified atom stereocenters. The second-order valence-corrected chi connectivity index (χ2v) is 2.47. The van der Waals surface area contributed by atoms with E-state index in [-0.39, 0.29) is 0 Å². The van der Waals surface area contributed by atoms with Gasteiger partial charge in [-0.1, -0.05) is 12.1 Å². The van der Waals surface area contributed by atoms with Gasteiger partial charge < -0.3 is 5.73 Å². The van der Waals surface area contributed by atoms with Crippen LogP contribution in [0.25, 0.3) is 0 Å². The van der Waals surface area contributed by atoms with Gasteiger partial charge in [-0.3, -0.25) is 0 Å². The Morgan fingerprint density at radius 3 is 2.60 bits per heavy atom. The zero-order valence-corrected chi connectivity index (χ0v) is 6.44. The van der Waals surface area contributed by atoms with E-state index in [4.69, 9.17) is 5.73 Å². The molecule has 0 bridgehead atoms. The third kappa shape index (κ3) is 1.19. The zero-order valence-electron chi connectivity index (χ0n) is 6.44. The minimum Gasteiger partial charge on any atom is -0.326 e. The maximum atomic E-state index is 5.53. The largest absolute Gasteiger partial charge is 0.326 e. The summed E-state index contributed by atoms with van der Waals surface area (Å²) in [7, 11) is 0. The SMILES string of the molecule is Cc1[c]ccc(C)c1CN. The number of nitrogens with two attached hydrogens (primary N) is 1. The van der Waals surface area contributed by atoms with Crippen LogP contribution in [0.5, 0.6) is 0 Å². The summed E-state index contributed by atoms with van der Waals surface area (Å²) < 4.78 is 0. The molecule has 10 heavy (non-hydrogen) atoms. The Morgan fingerprint density at radius 1 is 1.50 bits per heavy atom. The molecule has 0 aliphatic rings. The standard InChI is InChI=1S/C9H12N/c1-7-4-3-5-8(2)9(7)6-10/h3-4H,6,10H2,1-2H3. The topological polar surface area (TPSA) is 26.0 Å². The maximum absolute atomic E-state index is 5.53. The van der Waals surface area contributed by atoms with Crippen molar-refractivity contribution >= 4 is 0 Å². The lowest BCUT2D eigenvalue weighted by Crippen LogP contribution is -2.01. The number of hydrogen-bond donors (Lipinski definition) is 1. The van der Waals surface area contributed by atoms with Crippen molar-refractivity contribution in [1.82, 2.24) is 0 Å². The van der Waals surface area contributed by atoms with Crippen LogP contribution in [-0.4, -0.2) is 0 Å². The first-order valence-electron chi connectivity index (χ1n) is 3.42. The maximum Gasteiger partial charge on any atom is 0.0183 e. The molecule has 0 heterocycles. The first kappa shape index (κ1) is 7.29. The molecule has 0 aromatic heterocycles. The van der Waals surface area contributed by atoms with E-state index in [1.165, 1.54) is 16.7 Å². The molecular weight excluding hydrogens is 122 g/mol. The fourth-order valence-corrected chi connectivity index (χ4v) is 1.09. The van der Waals surface area contributed by atoms with Gasteiger partial charge >= 0.3 is 0 Å². The average molecular weight is 134 g/mol. The minimum atomic E-state index is 0.620. The summed E-state index contributed by atoms with van der Waals surface area (Å²) in [6.45, 7) is 4.73. The minimum absolute atomic E-state index is 0.620. The van der Waals surface area contributed by atoms with Crippen LogP contribution in [0.3, 0.4) is 0 Å². The van der Waals surface area contributed by atoms with Crippen LogP contribution in [0.4, 0.5) is 0 Å². The summed E-state index contributed by atoms with van der Waals surface area (Å²) in [5, 5.41) is 0. The summed E-state index contributed by atoms with van der Waals surface area (Å²) >= 11 is 0. The van der Waals surface area contributed by atoms with Gasteiger partial charge in [0.05, 0.1) is 0 Å². The van der Waals surface area contributed by atoms with E-state index >= 15 is 0 Å². The van der Waals surface area contributed by atoms with Gasteiger partial charge in [0, 0.05) is 6.54 Å². The molecule has 0 fully saturated rings. The lowest BCUT2D eigenvalue weighted by Gasteiger charge is -2.04. The number of hydrogen-bond acceptors (Lipinski definition) is 1. The highest BCUT2D eigenvalue weighted by Gasteiger charge is 1.97. The molecule has 1 radical (unpaired) electrons. The van der Waals surface area contributed by atoms with Gasteiger partial charge in [-0.05, 0) is 36.6 Å². The molecule has 1 nitrogen and oxygen atoms in total. The fourth-order valence-electron chi connectivity index (χ4n) is 1.09. The Bertz CT molecular complexity index is 208. The number of aryl methyl sites for hydroxylation is 2. The van der Waals surface area contributed by atoms with E-state index in [9.17, 15) is 0 Å². The van der Waals surface area contributed by atoms with Gasteiger partial charge in [0.25, 0.3) is 0 Å². The van der Waals surface area contributed by atoms with Crippen LogP contribution < -0.4 is 5.73 Å². The third-order valence-corrected chi connectivity index (χ3v) is 1.77. The third-order valence-electron chi connectivity index (χ3n) is 1.77. The van der Waals surface area contributed by atoms with Crippen molar-refractivity contribution < 1.29 is 0 Å². The quantitative estimate of drug-likeness (QED) is 0.619. The van der Waals surface area contributed by atoms with Gasteiger partial charge in [0.1, 0.15) is 0 Å². The van der Waals surface area contributed by atoms with Crippen molar-refractivity contribution in [3.05, 3.63) is 34.9 Å². The predicted molar refractivity (Wildman–Crippen MR) is 42.6 cm³/mol. The lowest BCUT2D eigenvalue weighted by atomic mass is 10.0. The molecule has 0 saturated carbocycles. The summed E-state index contributed by atoms with van der Waals surface area (Å²) in [5.74, 6) is 0. The lowest BCUT2D eigenvalue weighted by molar-refractivity contribution is 1.03. The monoisotopic (exact) mass is 134 g/mol. The molecule has 0 amide bonds. The molecule has 53 valence electrons. The molecule has 1 heteroatoms. The summed E-state index contributed by atoms with van der Waals surface area (Å²) in [5.41, 5.74) is 9.19. The van der Waals surface area contributed by atoms with E-state index in [0.717, 1.165) is 0 Å². The van der Waals surface area contributed by atoms with Crippen molar-refractivity contribution in [1.29, 1.82) is 0 Å². The molecule has 0 saturated heterocycles. The summed E-state index contributed by atoms with van der Waals surface area (Å²) in [4.78, 5) is 0. The highest BCUT2D eigenvalue weighted by atomic mass is 14.5. The Balaban J connectivity index is 3.17. The van der Waals surface area contributed by atoms with Gasteiger partial charge in [0.2, 0.25) is 0 Å². The molecule has 0 atom stereocenters. The Labute approximate surface area is 61.9 Å². The van der Waals surface area contributed by atoms with E-state index in [1.54, 1.807) is 0 Å². The van der Waals surface area contributed by atoms with Crippen LogP contribution in [0.1, 0.15) is 16.7 Å². The molecule has 1 aromatic carbocycles. The predicted octanol–water partition coefficient (Wildman–Crippen LogP) is 1.56. The van der Waals surface area contributed by atoms with Gasteiger partial charge in [0.15, 0.2) is 0 Å². The fraction of sp³-hybridized carbons (Fsp3) is 0.333. The van der Waals surface area contributed by atoms with Crippen LogP contribution in [-0.2, 0) is 6.54 Å². The highest BCUT2D eigenvalue weighted by Crippen LogP contribution is 2.10. The number of rotatable bonds is 1. The molecule has 2 N–H and O–H groups in total. The van der Waals surface area contributed by atoms with Crippen LogP contribution in [0.2, 0.25) is 0 Å². The Kier molecular flexibility index (Phi) is 2.07. The van der Waals surface area contributed by atoms with Crippen molar-refractivity contribution in [2.75, 3.05) is 0 Å². The summed E-state index contributed by atoms with van der Waals surface area (Å²) in [6, 6.07) is 7.08. The molecular formula is C9H12N. The molecule has 1 aromatic rings. The molecule has 0 aliphatic carbocycles. The number of benzene rings is 1. The zero-order chi connectivity index (χ0) is 7.56. The Hall–Kier alpha value is -0.820. The van der Waals surface area contributed by atoms with Crippen molar-refractivity contribution in [2.45, 2.75) is 20.4 Å². The second-order valence-electron chi connectivity index (χ2n) is 2.47. The van der Waals surface area contributed by atoms with Crippen molar-refractivity contribution in [3.8, 4) is 0 Å². The van der Waals surface area contributed by atoms with E-state index in [0.29, 0.717) is 6.54 Å². The van der Waals surface area contributed by atoms with Crippen molar-refractivity contribution in [2.24, 2.45) is 5.73 Å². The van der Waals surface area contributed by atoms with Crippen molar-refractivity contribution in [3.63, 3.8) is 0 Å². The smallest absolute Gasteiger partial charge is 0.0183 e. The van der Waals surface area contributed by atoms with E-state index < -0.39 is 0 Å². The van der Waals surface area contributed by atoms with E-state index in [2.05, 4.69) is 13.0 Å².